The molecule has 0 radical (unpaired) electrons. The highest BCUT2D eigenvalue weighted by atomic mass is 16.1. The van der Waals surface area contributed by atoms with Gasteiger partial charge in [-0.2, -0.15) is 0 Å². The van der Waals surface area contributed by atoms with Gasteiger partial charge in [0, 0.05) is 18.0 Å². The maximum absolute atomic E-state index is 12.4. The second kappa shape index (κ2) is 5.96. The van der Waals surface area contributed by atoms with Crippen LogP contribution in [0, 0.1) is 5.92 Å². The largest absolute Gasteiger partial charge is 0.353 e. The van der Waals surface area contributed by atoms with E-state index in [2.05, 4.69) is 29.6 Å². The zero-order valence-electron chi connectivity index (χ0n) is 12.0. The van der Waals surface area contributed by atoms with E-state index in [1.807, 2.05) is 0 Å². The van der Waals surface area contributed by atoms with Crippen molar-refractivity contribution in [1.29, 1.82) is 0 Å². The van der Waals surface area contributed by atoms with Crippen molar-refractivity contribution in [3.63, 3.8) is 0 Å². The summed E-state index contributed by atoms with van der Waals surface area (Å²) in [5, 5.41) is 3.25. The first-order chi connectivity index (χ1) is 9.72. The molecule has 20 heavy (non-hydrogen) atoms. The lowest BCUT2D eigenvalue weighted by Gasteiger charge is -2.30. The summed E-state index contributed by atoms with van der Waals surface area (Å²) in [6.45, 7) is 0. The molecule has 0 bridgehead atoms. The number of nitrogens with two attached hydrogens (primary N) is 1. The van der Waals surface area contributed by atoms with Gasteiger partial charge in [-0.05, 0) is 56.1 Å². The first-order valence-corrected chi connectivity index (χ1v) is 7.85. The number of nitrogens with one attached hydrogen (secondary N) is 1. The van der Waals surface area contributed by atoms with Crippen molar-refractivity contribution in [1.82, 2.24) is 5.32 Å². The molecule has 1 aromatic rings. The summed E-state index contributed by atoms with van der Waals surface area (Å²) in [7, 11) is 0. The van der Waals surface area contributed by atoms with E-state index in [4.69, 9.17) is 5.73 Å². The number of carbonyl (C=O) groups is 1. The Bertz CT molecular complexity index is 478. The van der Waals surface area contributed by atoms with E-state index in [-0.39, 0.29) is 11.8 Å². The SMILES string of the molecule is NC1CCC(NC(=O)[C@H]2CCc3ccccc3C2)CC1. The molecule has 1 aromatic carbocycles. The zero-order chi connectivity index (χ0) is 13.9. The number of benzene rings is 1. The minimum atomic E-state index is 0.153. The van der Waals surface area contributed by atoms with Crippen LogP contribution in [0.5, 0.6) is 0 Å². The minimum Gasteiger partial charge on any atom is -0.353 e. The molecular weight excluding hydrogens is 248 g/mol. The van der Waals surface area contributed by atoms with Crippen molar-refractivity contribution in [2.75, 3.05) is 0 Å². The number of fused-ring (bicyclic) bond motifs is 1. The first kappa shape index (κ1) is 13.6. The third kappa shape index (κ3) is 3.04. The Hall–Kier alpha value is -1.35. The average Bonchev–Trinajstić information content (AvgIpc) is 2.49. The smallest absolute Gasteiger partial charge is 0.223 e. The molecule has 3 heteroatoms. The highest BCUT2D eigenvalue weighted by Crippen LogP contribution is 2.26. The van der Waals surface area contributed by atoms with Gasteiger partial charge in [-0.25, -0.2) is 0 Å². The van der Waals surface area contributed by atoms with E-state index in [1.165, 1.54) is 11.1 Å². The molecule has 0 aromatic heterocycles. The fourth-order valence-electron chi connectivity index (χ4n) is 3.50. The maximum atomic E-state index is 12.4. The van der Waals surface area contributed by atoms with Crippen molar-refractivity contribution in [3.8, 4) is 0 Å². The highest BCUT2D eigenvalue weighted by Gasteiger charge is 2.27. The zero-order valence-corrected chi connectivity index (χ0v) is 12.0. The summed E-state index contributed by atoms with van der Waals surface area (Å²) < 4.78 is 0. The van der Waals surface area contributed by atoms with Gasteiger partial charge in [0.1, 0.15) is 0 Å². The predicted octanol–water partition coefficient (Wildman–Crippen LogP) is 2.18. The van der Waals surface area contributed by atoms with Gasteiger partial charge in [0.25, 0.3) is 0 Å². The van der Waals surface area contributed by atoms with Gasteiger partial charge < -0.3 is 11.1 Å². The fraction of sp³-hybridized carbons (Fsp3) is 0.588. The molecule has 1 atom stereocenters. The monoisotopic (exact) mass is 272 g/mol. The molecule has 3 N–H and O–H groups in total. The molecule has 0 aliphatic heterocycles. The van der Waals surface area contributed by atoms with E-state index < -0.39 is 0 Å². The number of hydrogen-bond donors (Lipinski definition) is 2. The van der Waals surface area contributed by atoms with Crippen LogP contribution in [0.3, 0.4) is 0 Å². The van der Waals surface area contributed by atoms with Crippen molar-refractivity contribution in [2.24, 2.45) is 11.7 Å². The molecular formula is C17H24N2O. The molecule has 3 nitrogen and oxygen atoms in total. The molecule has 0 heterocycles. The Labute approximate surface area is 120 Å². The Balaban J connectivity index is 1.56. The Morgan fingerprint density at radius 2 is 1.75 bits per heavy atom. The van der Waals surface area contributed by atoms with E-state index in [0.717, 1.165) is 44.9 Å². The quantitative estimate of drug-likeness (QED) is 0.867. The molecule has 0 saturated heterocycles. The second-order valence-electron chi connectivity index (χ2n) is 6.33. The van der Waals surface area contributed by atoms with Gasteiger partial charge in [-0.3, -0.25) is 4.79 Å². The Morgan fingerprint density at radius 3 is 2.50 bits per heavy atom. The van der Waals surface area contributed by atoms with E-state index in [9.17, 15) is 4.79 Å². The standard InChI is InChI=1S/C17H24N2O/c18-15-7-9-16(10-8-15)19-17(20)14-6-5-12-3-1-2-4-13(12)11-14/h1-4,14-16H,5-11,18H2,(H,19,20)/t14-,15?,16?/m0/s1. The molecule has 3 rings (SSSR count). The van der Waals surface area contributed by atoms with Crippen LogP contribution < -0.4 is 11.1 Å². The summed E-state index contributed by atoms with van der Waals surface area (Å²) in [6, 6.07) is 9.19. The van der Waals surface area contributed by atoms with Crippen molar-refractivity contribution in [2.45, 2.75) is 57.0 Å². The van der Waals surface area contributed by atoms with Crippen LogP contribution in [-0.4, -0.2) is 18.0 Å². The average molecular weight is 272 g/mol. The van der Waals surface area contributed by atoms with Crippen LogP contribution in [0.1, 0.15) is 43.2 Å². The number of hydrogen-bond acceptors (Lipinski definition) is 2. The van der Waals surface area contributed by atoms with Gasteiger partial charge in [0.05, 0.1) is 0 Å². The van der Waals surface area contributed by atoms with Crippen LogP contribution >= 0.6 is 0 Å². The topological polar surface area (TPSA) is 55.1 Å². The van der Waals surface area contributed by atoms with Gasteiger partial charge >= 0.3 is 0 Å². The predicted molar refractivity (Wildman–Crippen MR) is 80.3 cm³/mol. The highest BCUT2D eigenvalue weighted by molar-refractivity contribution is 5.79. The summed E-state index contributed by atoms with van der Waals surface area (Å²) in [5.74, 6) is 0.403. The van der Waals surface area contributed by atoms with Gasteiger partial charge in [0.15, 0.2) is 0 Å². The van der Waals surface area contributed by atoms with Crippen LogP contribution in [0.4, 0.5) is 0 Å². The molecule has 1 amide bonds. The van der Waals surface area contributed by atoms with Crippen molar-refractivity contribution in [3.05, 3.63) is 35.4 Å². The number of amides is 1. The molecule has 0 spiro atoms. The normalized spacial score (nSPS) is 29.6. The minimum absolute atomic E-state index is 0.153. The summed E-state index contributed by atoms with van der Waals surface area (Å²) in [4.78, 5) is 12.4. The van der Waals surface area contributed by atoms with Crippen LogP contribution in [0.2, 0.25) is 0 Å². The molecule has 0 unspecified atom stereocenters. The van der Waals surface area contributed by atoms with Gasteiger partial charge in [0.2, 0.25) is 5.91 Å². The Morgan fingerprint density at radius 1 is 1.05 bits per heavy atom. The lowest BCUT2D eigenvalue weighted by molar-refractivity contribution is -0.126. The molecule has 2 aliphatic rings. The third-order valence-electron chi connectivity index (χ3n) is 4.84. The van der Waals surface area contributed by atoms with Crippen LogP contribution in [0.25, 0.3) is 0 Å². The Kier molecular flexibility index (Phi) is 4.06. The maximum Gasteiger partial charge on any atom is 0.223 e. The number of rotatable bonds is 2. The van der Waals surface area contributed by atoms with Gasteiger partial charge in [-0.15, -0.1) is 0 Å². The van der Waals surface area contributed by atoms with Crippen LogP contribution in [-0.2, 0) is 17.6 Å². The number of carbonyl (C=O) groups excluding carboxylic acids is 1. The fourth-order valence-corrected chi connectivity index (χ4v) is 3.50. The molecule has 108 valence electrons. The third-order valence-corrected chi connectivity index (χ3v) is 4.84. The van der Waals surface area contributed by atoms with Crippen LogP contribution in [0.15, 0.2) is 24.3 Å². The molecule has 2 aliphatic carbocycles. The van der Waals surface area contributed by atoms with Crippen molar-refractivity contribution < 1.29 is 4.79 Å². The lowest BCUT2D eigenvalue weighted by Crippen LogP contribution is -2.44. The summed E-state index contributed by atoms with van der Waals surface area (Å²) in [5.41, 5.74) is 8.68. The van der Waals surface area contributed by atoms with E-state index in [0.29, 0.717) is 12.1 Å². The number of aryl methyl sites for hydroxylation is 1. The molecule has 1 fully saturated rings. The lowest BCUT2D eigenvalue weighted by atomic mass is 9.83. The summed E-state index contributed by atoms with van der Waals surface area (Å²) in [6.07, 6.45) is 7.07. The first-order valence-electron chi connectivity index (χ1n) is 7.85. The van der Waals surface area contributed by atoms with E-state index in [1.54, 1.807) is 0 Å². The summed E-state index contributed by atoms with van der Waals surface area (Å²) >= 11 is 0. The second-order valence-corrected chi connectivity index (χ2v) is 6.33. The van der Waals surface area contributed by atoms with E-state index >= 15 is 0 Å². The molecule has 1 saturated carbocycles. The van der Waals surface area contributed by atoms with Gasteiger partial charge in [-0.1, -0.05) is 24.3 Å². The van der Waals surface area contributed by atoms with Crippen molar-refractivity contribution >= 4 is 5.91 Å².